The molecular weight excluding hydrogens is 254 g/mol. The van der Waals surface area contributed by atoms with E-state index in [2.05, 4.69) is 86.3 Å². The first-order valence-corrected chi connectivity index (χ1v) is 7.95. The average molecular weight is 281 g/mol. The number of benzene rings is 2. The molecule has 0 spiro atoms. The molecule has 0 saturated carbocycles. The Balaban J connectivity index is 2.18. The van der Waals surface area contributed by atoms with E-state index < -0.39 is 0 Å². The Bertz CT molecular complexity index is 475. The van der Waals surface area contributed by atoms with E-state index in [1.54, 1.807) is 0 Å². The summed E-state index contributed by atoms with van der Waals surface area (Å²) >= 11 is 0. The van der Waals surface area contributed by atoms with Crippen molar-refractivity contribution in [2.75, 3.05) is 0 Å². The maximum Gasteiger partial charge on any atom is 0.0242 e. The van der Waals surface area contributed by atoms with Crippen LogP contribution >= 0.6 is 0 Å². The molecule has 0 aliphatic heterocycles. The minimum atomic E-state index is 0.209. The number of hydrogen-bond donors (Lipinski definition) is 0. The van der Waals surface area contributed by atoms with E-state index in [1.807, 2.05) is 0 Å². The van der Waals surface area contributed by atoms with Crippen molar-refractivity contribution in [3.05, 3.63) is 71.8 Å². The summed E-state index contributed by atoms with van der Waals surface area (Å²) in [4.78, 5) is 2.60. The molecule has 2 aromatic rings. The Morgan fingerprint density at radius 2 is 1.19 bits per heavy atom. The minimum absolute atomic E-state index is 0.209. The summed E-state index contributed by atoms with van der Waals surface area (Å²) in [6.07, 6.45) is 2.43. The zero-order valence-corrected chi connectivity index (χ0v) is 13.5. The van der Waals surface area contributed by atoms with Crippen LogP contribution in [0.2, 0.25) is 0 Å². The van der Waals surface area contributed by atoms with Crippen molar-refractivity contribution in [2.45, 2.75) is 52.2 Å². The van der Waals surface area contributed by atoms with Crippen molar-refractivity contribution in [1.29, 1.82) is 0 Å². The van der Waals surface area contributed by atoms with Gasteiger partial charge < -0.3 is 0 Å². The van der Waals surface area contributed by atoms with Gasteiger partial charge in [0, 0.05) is 18.6 Å². The molecule has 0 heterocycles. The van der Waals surface area contributed by atoms with Crippen LogP contribution in [0.3, 0.4) is 0 Å². The van der Waals surface area contributed by atoms with Gasteiger partial charge in [0.05, 0.1) is 0 Å². The molecule has 2 aromatic carbocycles. The van der Waals surface area contributed by atoms with E-state index in [0.717, 1.165) is 13.1 Å². The van der Waals surface area contributed by atoms with E-state index in [9.17, 15) is 0 Å². The molecule has 0 saturated heterocycles. The molecule has 2 rings (SSSR count). The van der Waals surface area contributed by atoms with Crippen LogP contribution in [-0.4, -0.2) is 10.4 Å². The lowest BCUT2D eigenvalue weighted by Gasteiger charge is -2.39. The molecule has 0 radical (unpaired) electrons. The Morgan fingerprint density at radius 1 is 0.762 bits per heavy atom. The van der Waals surface area contributed by atoms with Crippen molar-refractivity contribution in [3.8, 4) is 0 Å². The van der Waals surface area contributed by atoms with Gasteiger partial charge in [-0.15, -0.1) is 0 Å². The smallest absolute Gasteiger partial charge is 0.0242 e. The second-order valence-corrected chi connectivity index (χ2v) is 6.39. The summed E-state index contributed by atoms with van der Waals surface area (Å²) in [6, 6.07) is 21.6. The van der Waals surface area contributed by atoms with Crippen molar-refractivity contribution >= 4 is 0 Å². The second kappa shape index (κ2) is 7.42. The highest BCUT2D eigenvalue weighted by molar-refractivity contribution is 5.17. The highest BCUT2D eigenvalue weighted by atomic mass is 15.2. The number of hydrogen-bond acceptors (Lipinski definition) is 1. The topological polar surface area (TPSA) is 3.24 Å². The Hall–Kier alpha value is -1.60. The van der Waals surface area contributed by atoms with E-state index in [1.165, 1.54) is 24.0 Å². The molecule has 112 valence electrons. The fourth-order valence-corrected chi connectivity index (χ4v) is 2.86. The van der Waals surface area contributed by atoms with Gasteiger partial charge in [0.25, 0.3) is 0 Å². The van der Waals surface area contributed by atoms with Gasteiger partial charge in [0.15, 0.2) is 0 Å². The summed E-state index contributed by atoms with van der Waals surface area (Å²) < 4.78 is 0. The fraction of sp³-hybridized carbons (Fsp3) is 0.400. The van der Waals surface area contributed by atoms with E-state index in [-0.39, 0.29) is 5.54 Å². The summed E-state index contributed by atoms with van der Waals surface area (Å²) in [5, 5.41) is 0. The molecule has 21 heavy (non-hydrogen) atoms. The summed E-state index contributed by atoms with van der Waals surface area (Å²) in [5.74, 6) is 0. The molecule has 0 aromatic heterocycles. The summed E-state index contributed by atoms with van der Waals surface area (Å²) in [5.41, 5.74) is 2.98. The molecule has 0 unspecified atom stereocenters. The fourth-order valence-electron chi connectivity index (χ4n) is 2.86. The van der Waals surface area contributed by atoms with Gasteiger partial charge >= 0.3 is 0 Å². The lowest BCUT2D eigenvalue weighted by molar-refractivity contribution is 0.0927. The normalized spacial score (nSPS) is 11.8. The van der Waals surface area contributed by atoms with Gasteiger partial charge in [-0.2, -0.15) is 0 Å². The highest BCUT2D eigenvalue weighted by Crippen LogP contribution is 2.25. The van der Waals surface area contributed by atoms with Gasteiger partial charge in [-0.05, 0) is 31.4 Å². The van der Waals surface area contributed by atoms with Crippen LogP contribution in [0.4, 0.5) is 0 Å². The average Bonchev–Trinajstić information content (AvgIpc) is 2.49. The maximum atomic E-state index is 2.60. The quantitative estimate of drug-likeness (QED) is 0.668. The van der Waals surface area contributed by atoms with Crippen molar-refractivity contribution in [2.24, 2.45) is 0 Å². The van der Waals surface area contributed by atoms with Crippen LogP contribution in [0, 0.1) is 0 Å². The third-order valence-electron chi connectivity index (χ3n) is 4.15. The summed E-state index contributed by atoms with van der Waals surface area (Å²) in [6.45, 7) is 9.00. The molecule has 0 atom stereocenters. The summed E-state index contributed by atoms with van der Waals surface area (Å²) in [7, 11) is 0. The van der Waals surface area contributed by atoms with Gasteiger partial charge in [0.1, 0.15) is 0 Å². The molecule has 0 amide bonds. The second-order valence-electron chi connectivity index (χ2n) is 6.39. The number of rotatable bonds is 7. The first kappa shape index (κ1) is 15.8. The molecule has 0 N–H and O–H groups in total. The van der Waals surface area contributed by atoms with Crippen molar-refractivity contribution in [3.63, 3.8) is 0 Å². The lowest BCUT2D eigenvalue weighted by Crippen LogP contribution is -2.42. The predicted octanol–water partition coefficient (Wildman–Crippen LogP) is 5.27. The van der Waals surface area contributed by atoms with Crippen LogP contribution in [0.25, 0.3) is 0 Å². The highest BCUT2D eigenvalue weighted by Gasteiger charge is 2.25. The standard InChI is InChI=1S/C20H27N/c1-4-15-20(2,3)21(16-18-11-7-5-8-12-18)17-19-13-9-6-10-14-19/h5-14H,4,15-17H2,1-3H3. The third kappa shape index (κ3) is 4.71. The SMILES string of the molecule is CCCC(C)(C)N(Cc1ccccc1)Cc1ccccc1. The molecule has 1 heteroatoms. The van der Waals surface area contributed by atoms with E-state index in [4.69, 9.17) is 0 Å². The van der Waals surface area contributed by atoms with Crippen LogP contribution in [0.1, 0.15) is 44.7 Å². The van der Waals surface area contributed by atoms with Crippen LogP contribution in [-0.2, 0) is 13.1 Å². The van der Waals surface area contributed by atoms with Crippen LogP contribution < -0.4 is 0 Å². The van der Waals surface area contributed by atoms with Gasteiger partial charge in [-0.3, -0.25) is 4.90 Å². The van der Waals surface area contributed by atoms with Crippen molar-refractivity contribution < 1.29 is 0 Å². The van der Waals surface area contributed by atoms with Crippen molar-refractivity contribution in [1.82, 2.24) is 4.90 Å². The Morgan fingerprint density at radius 3 is 1.57 bits per heavy atom. The van der Waals surface area contributed by atoms with E-state index in [0.29, 0.717) is 0 Å². The molecule has 0 aliphatic carbocycles. The zero-order chi connectivity index (χ0) is 15.1. The van der Waals surface area contributed by atoms with Gasteiger partial charge in [-0.1, -0.05) is 74.0 Å². The Kier molecular flexibility index (Phi) is 5.58. The monoisotopic (exact) mass is 281 g/mol. The molecule has 0 bridgehead atoms. The van der Waals surface area contributed by atoms with Crippen LogP contribution in [0.5, 0.6) is 0 Å². The third-order valence-corrected chi connectivity index (χ3v) is 4.15. The first-order valence-electron chi connectivity index (χ1n) is 7.95. The first-order chi connectivity index (χ1) is 10.1. The zero-order valence-electron chi connectivity index (χ0n) is 13.5. The van der Waals surface area contributed by atoms with Crippen LogP contribution in [0.15, 0.2) is 60.7 Å². The molecule has 0 aliphatic rings. The molecule has 0 fully saturated rings. The van der Waals surface area contributed by atoms with Gasteiger partial charge in [-0.25, -0.2) is 0 Å². The largest absolute Gasteiger partial charge is 0.290 e. The predicted molar refractivity (Wildman–Crippen MR) is 91.1 cm³/mol. The molecular formula is C20H27N. The lowest BCUT2D eigenvalue weighted by atomic mass is 9.94. The number of nitrogens with zero attached hydrogens (tertiary/aromatic N) is 1. The van der Waals surface area contributed by atoms with E-state index >= 15 is 0 Å². The maximum absolute atomic E-state index is 2.60. The van der Waals surface area contributed by atoms with Gasteiger partial charge in [0.2, 0.25) is 0 Å². The Labute approximate surface area is 129 Å². The molecule has 1 nitrogen and oxygen atoms in total. The minimum Gasteiger partial charge on any atom is -0.290 e.